The highest BCUT2D eigenvalue weighted by molar-refractivity contribution is 9.10. The SMILES string of the molecule is CCc1nn(CC)c(CNc2cc(Br)ccc2Cl)c1Cl. The Balaban J connectivity index is 2.22. The standard InChI is InChI=1S/C14H16BrCl2N3/c1-3-11-14(17)13(20(4-2)19-11)8-18-12-7-9(15)5-6-10(12)16/h5-7,18H,3-4,8H2,1-2H3. The number of aromatic nitrogens is 2. The summed E-state index contributed by atoms with van der Waals surface area (Å²) in [6, 6.07) is 5.71. The second-order valence-corrected chi connectivity index (χ2v) is 6.06. The molecule has 20 heavy (non-hydrogen) atoms. The lowest BCUT2D eigenvalue weighted by atomic mass is 10.2. The second-order valence-electron chi connectivity index (χ2n) is 4.35. The van der Waals surface area contributed by atoms with Crippen molar-refractivity contribution in [3.63, 3.8) is 0 Å². The Labute approximate surface area is 137 Å². The minimum Gasteiger partial charge on any atom is -0.378 e. The molecule has 1 heterocycles. The minimum atomic E-state index is 0.593. The number of benzene rings is 1. The van der Waals surface area contributed by atoms with E-state index in [4.69, 9.17) is 23.2 Å². The largest absolute Gasteiger partial charge is 0.378 e. The number of nitrogens with one attached hydrogen (secondary N) is 1. The van der Waals surface area contributed by atoms with Crippen molar-refractivity contribution in [3.05, 3.63) is 44.1 Å². The van der Waals surface area contributed by atoms with Gasteiger partial charge in [0.15, 0.2) is 0 Å². The summed E-state index contributed by atoms with van der Waals surface area (Å²) >= 11 is 16.0. The third kappa shape index (κ3) is 3.30. The maximum atomic E-state index is 6.38. The molecule has 0 saturated carbocycles. The third-order valence-electron chi connectivity index (χ3n) is 3.07. The summed E-state index contributed by atoms with van der Waals surface area (Å²) in [6.45, 7) is 5.49. The summed E-state index contributed by atoms with van der Waals surface area (Å²) in [4.78, 5) is 0. The first-order valence-electron chi connectivity index (χ1n) is 6.49. The molecule has 108 valence electrons. The van der Waals surface area contributed by atoms with Crippen LogP contribution in [0, 0.1) is 0 Å². The van der Waals surface area contributed by atoms with E-state index in [1.165, 1.54) is 0 Å². The maximum absolute atomic E-state index is 6.38. The molecule has 1 aromatic carbocycles. The maximum Gasteiger partial charge on any atom is 0.0868 e. The van der Waals surface area contributed by atoms with Gasteiger partial charge in [-0.3, -0.25) is 4.68 Å². The van der Waals surface area contributed by atoms with E-state index < -0.39 is 0 Å². The van der Waals surface area contributed by atoms with Gasteiger partial charge in [-0.1, -0.05) is 46.1 Å². The monoisotopic (exact) mass is 375 g/mol. The Hall–Kier alpha value is -0.710. The first kappa shape index (κ1) is 15.7. The van der Waals surface area contributed by atoms with Gasteiger partial charge in [0.05, 0.1) is 33.7 Å². The Bertz CT molecular complexity index is 611. The smallest absolute Gasteiger partial charge is 0.0868 e. The van der Waals surface area contributed by atoms with E-state index >= 15 is 0 Å². The van der Waals surface area contributed by atoms with Gasteiger partial charge < -0.3 is 5.32 Å². The number of aryl methyl sites for hydroxylation is 2. The highest BCUT2D eigenvalue weighted by atomic mass is 79.9. The number of anilines is 1. The lowest BCUT2D eigenvalue weighted by Gasteiger charge is -2.10. The quantitative estimate of drug-likeness (QED) is 0.782. The molecule has 0 atom stereocenters. The highest BCUT2D eigenvalue weighted by Gasteiger charge is 2.14. The van der Waals surface area contributed by atoms with Crippen LogP contribution in [0.5, 0.6) is 0 Å². The predicted molar refractivity (Wildman–Crippen MR) is 88.8 cm³/mol. The number of rotatable bonds is 5. The van der Waals surface area contributed by atoms with Crippen LogP contribution in [0.4, 0.5) is 5.69 Å². The fraction of sp³-hybridized carbons (Fsp3) is 0.357. The summed E-state index contributed by atoms with van der Waals surface area (Å²) in [5.74, 6) is 0. The number of nitrogens with zero attached hydrogens (tertiary/aromatic N) is 2. The van der Waals surface area contributed by atoms with Gasteiger partial charge in [0.2, 0.25) is 0 Å². The van der Waals surface area contributed by atoms with Gasteiger partial charge in [-0.15, -0.1) is 0 Å². The van der Waals surface area contributed by atoms with Gasteiger partial charge in [-0.2, -0.15) is 5.10 Å². The zero-order valence-electron chi connectivity index (χ0n) is 11.4. The van der Waals surface area contributed by atoms with Crippen LogP contribution in [-0.4, -0.2) is 9.78 Å². The van der Waals surface area contributed by atoms with Crippen molar-refractivity contribution in [2.45, 2.75) is 33.4 Å². The minimum absolute atomic E-state index is 0.593. The molecule has 0 radical (unpaired) electrons. The molecule has 2 rings (SSSR count). The summed E-state index contributed by atoms with van der Waals surface area (Å²) < 4.78 is 2.91. The van der Waals surface area contributed by atoms with Crippen LogP contribution >= 0.6 is 39.1 Å². The Morgan fingerprint density at radius 2 is 2.05 bits per heavy atom. The van der Waals surface area contributed by atoms with Crippen molar-refractivity contribution in [1.82, 2.24) is 9.78 Å². The van der Waals surface area contributed by atoms with E-state index in [-0.39, 0.29) is 0 Å². The zero-order valence-corrected chi connectivity index (χ0v) is 14.5. The van der Waals surface area contributed by atoms with Gasteiger partial charge >= 0.3 is 0 Å². The molecule has 0 aliphatic heterocycles. The molecule has 0 spiro atoms. The van der Waals surface area contributed by atoms with Crippen LogP contribution in [-0.2, 0) is 19.5 Å². The summed E-state index contributed by atoms with van der Waals surface area (Å²) in [6.07, 6.45) is 0.830. The summed E-state index contributed by atoms with van der Waals surface area (Å²) in [5, 5.41) is 9.24. The molecule has 0 bridgehead atoms. The topological polar surface area (TPSA) is 29.9 Å². The van der Waals surface area contributed by atoms with Crippen molar-refractivity contribution in [2.24, 2.45) is 0 Å². The molecule has 6 heteroatoms. The Morgan fingerprint density at radius 3 is 2.70 bits per heavy atom. The number of hydrogen-bond donors (Lipinski definition) is 1. The Morgan fingerprint density at radius 1 is 1.30 bits per heavy atom. The fourth-order valence-corrected chi connectivity index (χ4v) is 2.88. The van der Waals surface area contributed by atoms with Crippen molar-refractivity contribution in [2.75, 3.05) is 5.32 Å². The molecule has 0 aliphatic rings. The summed E-state index contributed by atoms with van der Waals surface area (Å²) in [7, 11) is 0. The first-order chi connectivity index (χ1) is 9.56. The molecule has 0 unspecified atom stereocenters. The molecule has 3 nitrogen and oxygen atoms in total. The van der Waals surface area contributed by atoms with Gasteiger partial charge in [-0.25, -0.2) is 0 Å². The van der Waals surface area contributed by atoms with Crippen molar-refractivity contribution < 1.29 is 0 Å². The third-order valence-corrected chi connectivity index (χ3v) is 4.33. The van der Waals surface area contributed by atoms with Gasteiger partial charge in [0.1, 0.15) is 0 Å². The van der Waals surface area contributed by atoms with E-state index in [1.807, 2.05) is 22.9 Å². The lowest BCUT2D eigenvalue weighted by Crippen LogP contribution is -2.08. The first-order valence-corrected chi connectivity index (χ1v) is 8.04. The van der Waals surface area contributed by atoms with Crippen LogP contribution in [0.25, 0.3) is 0 Å². The van der Waals surface area contributed by atoms with Gasteiger partial charge in [0.25, 0.3) is 0 Å². The van der Waals surface area contributed by atoms with E-state index in [0.29, 0.717) is 11.6 Å². The van der Waals surface area contributed by atoms with Crippen LogP contribution < -0.4 is 5.32 Å². The molecule has 1 N–H and O–H groups in total. The molecule has 1 aromatic heterocycles. The number of hydrogen-bond acceptors (Lipinski definition) is 2. The highest BCUT2D eigenvalue weighted by Crippen LogP contribution is 2.28. The molecule has 0 aliphatic carbocycles. The van der Waals surface area contributed by atoms with Crippen LogP contribution in [0.3, 0.4) is 0 Å². The average molecular weight is 377 g/mol. The molecule has 0 saturated heterocycles. The van der Waals surface area contributed by atoms with Crippen LogP contribution in [0.15, 0.2) is 22.7 Å². The van der Waals surface area contributed by atoms with Gasteiger partial charge in [0, 0.05) is 11.0 Å². The van der Waals surface area contributed by atoms with E-state index in [2.05, 4.69) is 40.2 Å². The van der Waals surface area contributed by atoms with Gasteiger partial charge in [-0.05, 0) is 31.5 Å². The van der Waals surface area contributed by atoms with Crippen molar-refractivity contribution in [3.8, 4) is 0 Å². The second kappa shape index (κ2) is 6.83. The fourth-order valence-electron chi connectivity index (χ4n) is 2.00. The van der Waals surface area contributed by atoms with Crippen molar-refractivity contribution >= 4 is 44.8 Å². The number of halogens is 3. The van der Waals surface area contributed by atoms with Crippen LogP contribution in [0.1, 0.15) is 25.2 Å². The average Bonchev–Trinajstić information content (AvgIpc) is 2.75. The van der Waals surface area contributed by atoms with Crippen LogP contribution in [0.2, 0.25) is 10.0 Å². The van der Waals surface area contributed by atoms with E-state index in [9.17, 15) is 0 Å². The molecular weight excluding hydrogens is 361 g/mol. The van der Waals surface area contributed by atoms with Crippen molar-refractivity contribution in [1.29, 1.82) is 0 Å². The molecule has 0 amide bonds. The predicted octanol–water partition coefficient (Wildman–Crippen LogP) is 5.15. The molecular formula is C14H16BrCl2N3. The van der Waals surface area contributed by atoms with E-state index in [1.54, 1.807) is 0 Å². The van der Waals surface area contributed by atoms with E-state index in [0.717, 1.165) is 39.5 Å². The molecule has 0 fully saturated rings. The normalized spacial score (nSPS) is 10.8. The lowest BCUT2D eigenvalue weighted by molar-refractivity contribution is 0.619. The zero-order chi connectivity index (χ0) is 14.7. The molecule has 2 aromatic rings. The summed E-state index contributed by atoms with van der Waals surface area (Å²) in [5.41, 5.74) is 2.80. The Kier molecular flexibility index (Phi) is 5.35.